The van der Waals surface area contributed by atoms with Gasteiger partial charge in [-0.15, -0.1) is 0 Å². The van der Waals surface area contributed by atoms with E-state index in [1.165, 1.54) is 0 Å². The highest BCUT2D eigenvalue weighted by atomic mass is 16.2. The number of carbonyl (C=O) groups excluding carboxylic acids is 3. The fourth-order valence-corrected chi connectivity index (χ4v) is 5.94. The maximum absolute atomic E-state index is 14.4. The molecule has 220 valence electrons. The monoisotopic (exact) mass is 574 g/mol. The molecule has 4 aromatic carbocycles. The number of para-hydroxylation sites is 1. The molecule has 1 saturated heterocycles. The standard InChI is InChI=1S/C36H38N4O3/c1-24-12-11-17-29(20-24)37-36(43)39-32-21-28(30-18-9-7-13-25(30)2)22-33(27-15-5-4-6-16-27)40(35(32)42)23-34(41)38-31-19-10-8-14-26(31)3/h4-20,28,32-33H,21-23H2,1-3H3,(H,38,41)(H2,37,39,43)/t28-,32+,33+/m0/s1. The Kier molecular flexibility index (Phi) is 9.20. The van der Waals surface area contributed by atoms with E-state index < -0.39 is 12.1 Å². The van der Waals surface area contributed by atoms with Crippen LogP contribution in [-0.4, -0.2) is 35.3 Å². The number of nitrogens with zero attached hydrogens (tertiary/aromatic N) is 1. The number of anilines is 2. The molecule has 1 fully saturated rings. The largest absolute Gasteiger partial charge is 0.326 e. The zero-order valence-corrected chi connectivity index (χ0v) is 24.8. The van der Waals surface area contributed by atoms with Gasteiger partial charge in [-0.3, -0.25) is 9.59 Å². The Labute approximate surface area is 253 Å². The lowest BCUT2D eigenvalue weighted by atomic mass is 9.84. The van der Waals surface area contributed by atoms with Crippen LogP contribution in [-0.2, 0) is 9.59 Å². The summed E-state index contributed by atoms with van der Waals surface area (Å²) in [6.45, 7) is 5.80. The Bertz CT molecular complexity index is 1600. The second kappa shape index (κ2) is 13.4. The van der Waals surface area contributed by atoms with Gasteiger partial charge < -0.3 is 20.9 Å². The number of carbonyl (C=O) groups is 3. The molecule has 0 aromatic heterocycles. The summed E-state index contributed by atoms with van der Waals surface area (Å²) in [7, 11) is 0. The highest BCUT2D eigenvalue weighted by Gasteiger charge is 2.40. The lowest BCUT2D eigenvalue weighted by Gasteiger charge is -2.32. The zero-order valence-electron chi connectivity index (χ0n) is 24.8. The van der Waals surface area contributed by atoms with Gasteiger partial charge in [0.05, 0.1) is 6.04 Å². The first kappa shape index (κ1) is 29.6. The number of amides is 4. The van der Waals surface area contributed by atoms with E-state index in [9.17, 15) is 14.4 Å². The molecule has 3 atom stereocenters. The number of likely N-dealkylation sites (tertiary alicyclic amines) is 1. The minimum atomic E-state index is -0.839. The van der Waals surface area contributed by atoms with Gasteiger partial charge in [0.15, 0.2) is 0 Å². The van der Waals surface area contributed by atoms with Crippen LogP contribution in [0.4, 0.5) is 16.2 Å². The first-order valence-electron chi connectivity index (χ1n) is 14.7. The van der Waals surface area contributed by atoms with Crippen molar-refractivity contribution < 1.29 is 14.4 Å². The lowest BCUT2D eigenvalue weighted by molar-refractivity contribution is -0.138. The second-order valence-electron chi connectivity index (χ2n) is 11.3. The smallest absolute Gasteiger partial charge is 0.319 e. The van der Waals surface area contributed by atoms with Crippen LogP contribution < -0.4 is 16.0 Å². The van der Waals surface area contributed by atoms with E-state index in [2.05, 4.69) is 35.0 Å². The number of hydrogen-bond donors (Lipinski definition) is 3. The third-order valence-corrected chi connectivity index (χ3v) is 8.11. The van der Waals surface area contributed by atoms with Gasteiger partial charge in [-0.1, -0.05) is 84.9 Å². The van der Waals surface area contributed by atoms with Crippen molar-refractivity contribution >= 4 is 29.2 Å². The van der Waals surface area contributed by atoms with Gasteiger partial charge in [-0.2, -0.15) is 0 Å². The topological polar surface area (TPSA) is 90.5 Å². The van der Waals surface area contributed by atoms with Crippen molar-refractivity contribution in [3.63, 3.8) is 0 Å². The van der Waals surface area contributed by atoms with E-state index in [1.54, 1.807) is 4.90 Å². The van der Waals surface area contributed by atoms with E-state index in [4.69, 9.17) is 0 Å². The van der Waals surface area contributed by atoms with Crippen LogP contribution in [0, 0.1) is 20.8 Å². The molecule has 1 aliphatic heterocycles. The number of rotatable bonds is 7. The van der Waals surface area contributed by atoms with Gasteiger partial charge in [0.1, 0.15) is 12.6 Å². The molecule has 1 heterocycles. The van der Waals surface area contributed by atoms with Crippen molar-refractivity contribution in [1.82, 2.24) is 10.2 Å². The summed E-state index contributed by atoms with van der Waals surface area (Å²) >= 11 is 0. The first-order chi connectivity index (χ1) is 20.8. The summed E-state index contributed by atoms with van der Waals surface area (Å²) in [5, 5.41) is 8.81. The summed E-state index contributed by atoms with van der Waals surface area (Å²) in [6, 6.07) is 31.4. The van der Waals surface area contributed by atoms with Gasteiger partial charge in [0.25, 0.3) is 0 Å². The van der Waals surface area contributed by atoms with Crippen LogP contribution in [0.3, 0.4) is 0 Å². The van der Waals surface area contributed by atoms with Gasteiger partial charge in [-0.05, 0) is 85.5 Å². The van der Waals surface area contributed by atoms with Crippen LogP contribution in [0.5, 0.6) is 0 Å². The first-order valence-corrected chi connectivity index (χ1v) is 14.7. The van der Waals surface area contributed by atoms with Gasteiger partial charge in [0.2, 0.25) is 11.8 Å². The molecule has 3 N–H and O–H groups in total. The predicted octanol–water partition coefficient (Wildman–Crippen LogP) is 6.89. The van der Waals surface area contributed by atoms with Crippen LogP contribution in [0.25, 0.3) is 0 Å². The quantitative estimate of drug-likeness (QED) is 0.225. The SMILES string of the molecule is Cc1cccc(NC(=O)N[C@@H]2C[C@H](c3ccccc3C)C[C@H](c3ccccc3)N(CC(=O)Nc3ccccc3C)C2=O)c1. The van der Waals surface area contributed by atoms with Crippen LogP contribution in [0.2, 0.25) is 0 Å². The summed E-state index contributed by atoms with van der Waals surface area (Å²) in [4.78, 5) is 42.7. The van der Waals surface area contributed by atoms with Gasteiger partial charge in [0, 0.05) is 11.4 Å². The highest BCUT2D eigenvalue weighted by Crippen LogP contribution is 2.40. The maximum atomic E-state index is 14.4. The third-order valence-electron chi connectivity index (χ3n) is 8.11. The number of aryl methyl sites for hydroxylation is 3. The van der Waals surface area contributed by atoms with Crippen molar-refractivity contribution in [2.75, 3.05) is 17.2 Å². The normalized spacial score (nSPS) is 18.4. The third kappa shape index (κ3) is 7.30. The molecule has 1 aliphatic rings. The van der Waals surface area contributed by atoms with E-state index in [-0.39, 0.29) is 30.3 Å². The van der Waals surface area contributed by atoms with Crippen LogP contribution in [0.15, 0.2) is 103 Å². The molecule has 0 aliphatic carbocycles. The Hall–Kier alpha value is -4.91. The second-order valence-corrected chi connectivity index (χ2v) is 11.3. The van der Waals surface area contributed by atoms with Gasteiger partial charge in [-0.25, -0.2) is 4.79 Å². The Balaban J connectivity index is 1.49. The Morgan fingerprint density at radius 1 is 0.767 bits per heavy atom. The molecule has 4 aromatic rings. The lowest BCUT2D eigenvalue weighted by Crippen LogP contribution is -2.51. The van der Waals surface area contributed by atoms with E-state index >= 15 is 0 Å². The summed E-state index contributed by atoms with van der Waals surface area (Å²) in [5.74, 6) is -0.616. The molecular weight excluding hydrogens is 536 g/mol. The van der Waals surface area contributed by atoms with E-state index in [1.807, 2.05) is 105 Å². The van der Waals surface area contributed by atoms with E-state index in [0.717, 1.165) is 27.8 Å². The molecule has 0 radical (unpaired) electrons. The molecule has 7 nitrogen and oxygen atoms in total. The van der Waals surface area contributed by atoms with Crippen molar-refractivity contribution in [2.24, 2.45) is 0 Å². The summed E-state index contributed by atoms with van der Waals surface area (Å²) in [5.41, 5.74) is 6.50. The molecule has 0 saturated carbocycles. The average Bonchev–Trinajstić information content (AvgIpc) is 3.11. The van der Waals surface area contributed by atoms with E-state index in [0.29, 0.717) is 24.2 Å². The van der Waals surface area contributed by atoms with Gasteiger partial charge >= 0.3 is 6.03 Å². The zero-order chi connectivity index (χ0) is 30.3. The van der Waals surface area contributed by atoms with Crippen molar-refractivity contribution in [3.05, 3.63) is 131 Å². The minimum Gasteiger partial charge on any atom is -0.326 e. The number of benzene rings is 4. The molecule has 4 amide bonds. The van der Waals surface area contributed by atoms with Crippen LogP contribution in [0.1, 0.15) is 52.6 Å². The predicted molar refractivity (Wildman–Crippen MR) is 171 cm³/mol. The number of nitrogens with one attached hydrogen (secondary N) is 3. The molecular formula is C36H38N4O3. The van der Waals surface area contributed by atoms with Crippen molar-refractivity contribution in [1.29, 1.82) is 0 Å². The average molecular weight is 575 g/mol. The fourth-order valence-electron chi connectivity index (χ4n) is 5.94. The number of urea groups is 1. The number of hydrogen-bond acceptors (Lipinski definition) is 3. The fraction of sp³-hybridized carbons (Fsp3) is 0.250. The van der Waals surface area contributed by atoms with Crippen molar-refractivity contribution in [2.45, 2.75) is 51.6 Å². The molecule has 0 unspecified atom stereocenters. The minimum absolute atomic E-state index is 0.0379. The Morgan fingerprint density at radius 2 is 1.47 bits per heavy atom. The summed E-state index contributed by atoms with van der Waals surface area (Å²) in [6.07, 6.45) is 1.01. The molecule has 5 rings (SSSR count). The molecule has 43 heavy (non-hydrogen) atoms. The van der Waals surface area contributed by atoms with Crippen molar-refractivity contribution in [3.8, 4) is 0 Å². The van der Waals surface area contributed by atoms with Crippen LogP contribution >= 0.6 is 0 Å². The maximum Gasteiger partial charge on any atom is 0.319 e. The molecule has 7 heteroatoms. The summed E-state index contributed by atoms with van der Waals surface area (Å²) < 4.78 is 0. The Morgan fingerprint density at radius 3 is 2.19 bits per heavy atom. The molecule has 0 spiro atoms. The highest BCUT2D eigenvalue weighted by molar-refractivity contribution is 5.98. The molecule has 0 bridgehead atoms.